The van der Waals surface area contributed by atoms with E-state index in [4.69, 9.17) is 39.0 Å². The second kappa shape index (κ2) is 24.0. The molecule has 5 aromatic rings. The summed E-state index contributed by atoms with van der Waals surface area (Å²) in [5, 5.41) is 9.91. The van der Waals surface area contributed by atoms with Crippen molar-refractivity contribution in [2.75, 3.05) is 49.1 Å². The van der Waals surface area contributed by atoms with E-state index in [2.05, 4.69) is 69.9 Å². The van der Waals surface area contributed by atoms with Crippen LogP contribution in [0.4, 0.5) is 17.3 Å². The number of nitrogens with zero attached hydrogens (tertiary/aromatic N) is 7. The molecule has 0 aliphatic carbocycles. The standard InChI is InChI=1S/C14H13ClN4.C10H12BrNO.C4H4ClN3.CH2O3.CH4.B.Na/c1-18(2)12-5-3-10(4-6-12)13-9-19-8-11(15)7-16-14(19)17-13;1-12(2)9-5-3-8(4-6-9)10(13)7-11;5-3-1-7-4(6)8-2-3;2-1-4-3;;;/h3-9H,1-2H3;3-6H,7H2,1-2H3;1-2H,(H2,6,7,8);1,3H;1H4;;/q;;;;;;+1/p-1. The summed E-state index contributed by atoms with van der Waals surface area (Å²) in [5.74, 6) is 1.01. The van der Waals surface area contributed by atoms with E-state index < -0.39 is 0 Å². The first-order valence-corrected chi connectivity index (χ1v) is 14.5. The summed E-state index contributed by atoms with van der Waals surface area (Å²) in [6.45, 7) is -0.181. The van der Waals surface area contributed by atoms with Gasteiger partial charge in [0.2, 0.25) is 11.7 Å². The second-order valence-corrected chi connectivity index (χ2v) is 10.4. The van der Waals surface area contributed by atoms with E-state index in [1.807, 2.05) is 68.0 Å². The molecule has 0 aliphatic heterocycles. The molecule has 47 heavy (non-hydrogen) atoms. The number of hydrogen-bond donors (Lipinski definition) is 1. The molecule has 3 radical (unpaired) electrons. The molecule has 0 atom stereocenters. The van der Waals surface area contributed by atoms with Crippen molar-refractivity contribution >= 4 is 82.9 Å². The number of anilines is 3. The Hall–Kier alpha value is -3.24. The number of carbonyl (C=O) groups excluding carboxylic acids is 2. The van der Waals surface area contributed by atoms with Crippen molar-refractivity contribution in [3.63, 3.8) is 0 Å². The maximum absolute atomic E-state index is 11.2. The predicted molar refractivity (Wildman–Crippen MR) is 188 cm³/mol. The van der Waals surface area contributed by atoms with Gasteiger partial charge in [0.25, 0.3) is 6.47 Å². The molecule has 0 spiro atoms. The average molecular weight is 755 g/mol. The molecule has 5 rings (SSSR count). The van der Waals surface area contributed by atoms with Gasteiger partial charge in [-0.25, -0.2) is 19.9 Å². The van der Waals surface area contributed by atoms with Gasteiger partial charge in [-0.1, -0.05) is 58.7 Å². The third-order valence-electron chi connectivity index (χ3n) is 5.46. The first-order valence-electron chi connectivity index (χ1n) is 12.6. The molecule has 0 bridgehead atoms. The summed E-state index contributed by atoms with van der Waals surface area (Å²) in [5.41, 5.74) is 10.1. The number of imidazole rings is 1. The van der Waals surface area contributed by atoms with Crippen molar-refractivity contribution in [3.8, 4) is 11.3 Å². The van der Waals surface area contributed by atoms with Crippen LogP contribution in [-0.2, 0) is 9.68 Å². The normalized spacial score (nSPS) is 9.11. The van der Waals surface area contributed by atoms with Crippen molar-refractivity contribution in [1.29, 1.82) is 0 Å². The molecule has 3 heterocycles. The van der Waals surface area contributed by atoms with Crippen LogP contribution in [0.1, 0.15) is 17.8 Å². The van der Waals surface area contributed by atoms with Gasteiger partial charge in [-0.05, 0) is 36.4 Å². The van der Waals surface area contributed by atoms with Crippen molar-refractivity contribution < 1.29 is 49.3 Å². The van der Waals surface area contributed by atoms with Crippen LogP contribution in [0, 0.1) is 0 Å². The quantitative estimate of drug-likeness (QED) is 0.0675. The first-order chi connectivity index (χ1) is 21.0. The molecule has 17 heteroatoms. The number of nitrogen functional groups attached to an aromatic ring is 1. The summed E-state index contributed by atoms with van der Waals surface area (Å²) in [6.07, 6.45) is 8.23. The Bertz CT molecular complexity index is 1590. The van der Waals surface area contributed by atoms with E-state index in [1.165, 1.54) is 12.4 Å². The fourth-order valence-electron chi connectivity index (χ4n) is 3.27. The Labute approximate surface area is 317 Å². The minimum absolute atomic E-state index is 0. The Kier molecular flexibility index (Phi) is 23.4. The fourth-order valence-corrected chi connectivity index (χ4v) is 3.85. The minimum atomic E-state index is -0.181. The largest absolute Gasteiger partial charge is 1.00 e. The van der Waals surface area contributed by atoms with Crippen LogP contribution in [0.3, 0.4) is 0 Å². The van der Waals surface area contributed by atoms with Gasteiger partial charge >= 0.3 is 29.6 Å². The number of hydrogen-bond acceptors (Lipinski definition) is 11. The van der Waals surface area contributed by atoms with Crippen LogP contribution in [0.5, 0.6) is 0 Å². The summed E-state index contributed by atoms with van der Waals surface area (Å²) in [7, 11) is 7.99. The fraction of sp³-hybridized carbons (Fsp3) is 0.200. The zero-order valence-electron chi connectivity index (χ0n) is 25.8. The van der Waals surface area contributed by atoms with Crippen LogP contribution >= 0.6 is 39.1 Å². The van der Waals surface area contributed by atoms with Gasteiger partial charge < -0.3 is 25.7 Å². The van der Waals surface area contributed by atoms with Gasteiger partial charge in [-0.15, -0.1) is 0 Å². The minimum Gasteiger partial charge on any atom is -0.662 e. The van der Waals surface area contributed by atoms with Gasteiger partial charge in [0.1, 0.15) is 0 Å². The molecule has 12 nitrogen and oxygen atoms in total. The Morgan fingerprint density at radius 3 is 1.81 bits per heavy atom. The molecule has 0 unspecified atom stereocenters. The third kappa shape index (κ3) is 15.9. The molecule has 2 aromatic carbocycles. The molecule has 3 aromatic heterocycles. The number of nitrogens with two attached hydrogens (primary N) is 1. The molecular formula is C30H34BBrCl2N8NaO4. The van der Waals surface area contributed by atoms with E-state index in [-0.39, 0.29) is 63.6 Å². The van der Waals surface area contributed by atoms with Crippen LogP contribution in [0.15, 0.2) is 79.5 Å². The second-order valence-electron chi connectivity index (χ2n) is 9.00. The van der Waals surface area contributed by atoms with Crippen molar-refractivity contribution in [3.05, 3.63) is 95.1 Å². The van der Waals surface area contributed by atoms with Crippen LogP contribution in [-0.4, -0.2) is 78.5 Å². The van der Waals surface area contributed by atoms with Crippen LogP contribution in [0.2, 0.25) is 10.0 Å². The maximum Gasteiger partial charge on any atom is 1.00 e. The number of benzene rings is 2. The first kappa shape index (κ1) is 45.9. The van der Waals surface area contributed by atoms with Crippen LogP contribution in [0.25, 0.3) is 17.0 Å². The number of fused-ring (bicyclic) bond motifs is 1. The van der Waals surface area contributed by atoms with Gasteiger partial charge in [0.05, 0.1) is 39.7 Å². The summed E-state index contributed by atoms with van der Waals surface area (Å²) < 4.78 is 1.83. The van der Waals surface area contributed by atoms with Gasteiger partial charge in [0, 0.05) is 71.5 Å². The molecule has 0 amide bonds. The topological polar surface area (TPSA) is 155 Å². The zero-order chi connectivity index (χ0) is 32.6. The maximum atomic E-state index is 11.2. The molecule has 2 N–H and O–H groups in total. The molecular weight excluding hydrogens is 721 g/mol. The number of ketones is 1. The third-order valence-corrected chi connectivity index (χ3v) is 6.36. The Morgan fingerprint density at radius 1 is 0.915 bits per heavy atom. The summed E-state index contributed by atoms with van der Waals surface area (Å²) in [6, 6.07) is 15.8. The SMILES string of the molecule is C.CN(C)c1ccc(-c2cn3cc(Cl)cnc3n2)cc1.CN(C)c1ccc(C(=O)CBr)cc1.Nc1ncc(Cl)cn1.O=CO[O-].[B].[Na+]. The number of rotatable bonds is 6. The molecule has 243 valence electrons. The molecule has 0 fully saturated rings. The van der Waals surface area contributed by atoms with E-state index in [1.54, 1.807) is 12.4 Å². The predicted octanol–water partition coefficient (Wildman–Crippen LogP) is 1.85. The molecule has 0 aliphatic rings. The number of halogens is 3. The van der Waals surface area contributed by atoms with Crippen molar-refractivity contribution in [2.24, 2.45) is 0 Å². The number of Topliss-reactive ketones (excluding diaryl/α,β-unsaturated/α-hetero) is 1. The smallest absolute Gasteiger partial charge is 0.662 e. The van der Waals surface area contributed by atoms with E-state index in [0.29, 0.717) is 21.2 Å². The molecule has 0 saturated carbocycles. The Morgan fingerprint density at radius 2 is 1.38 bits per heavy atom. The van der Waals surface area contributed by atoms with E-state index in [9.17, 15) is 4.79 Å². The van der Waals surface area contributed by atoms with Crippen LogP contribution < -0.4 is 50.3 Å². The van der Waals surface area contributed by atoms with Crippen molar-refractivity contribution in [2.45, 2.75) is 7.43 Å². The average Bonchev–Trinajstić information content (AvgIpc) is 3.46. The van der Waals surface area contributed by atoms with E-state index in [0.717, 1.165) is 28.2 Å². The van der Waals surface area contributed by atoms with Gasteiger partial charge in [-0.2, -0.15) is 0 Å². The van der Waals surface area contributed by atoms with Gasteiger partial charge in [-0.3, -0.25) is 14.0 Å². The summed E-state index contributed by atoms with van der Waals surface area (Å²) in [4.78, 5) is 42.4. The monoisotopic (exact) mass is 753 g/mol. The number of carbonyl (C=O) groups is 2. The van der Waals surface area contributed by atoms with E-state index >= 15 is 0 Å². The summed E-state index contributed by atoms with van der Waals surface area (Å²) >= 11 is 14.5. The number of alkyl halides is 1. The Balaban J connectivity index is 0. The zero-order valence-corrected chi connectivity index (χ0v) is 30.9. The van der Waals surface area contributed by atoms with Crippen molar-refractivity contribution in [1.82, 2.24) is 24.3 Å². The number of aromatic nitrogens is 5. The van der Waals surface area contributed by atoms with Gasteiger partial charge in [0.15, 0.2) is 5.78 Å². The molecule has 0 saturated heterocycles.